The molecule has 0 unspecified atom stereocenters. The number of nitrogens with two attached hydrogens (primary N) is 1. The summed E-state index contributed by atoms with van der Waals surface area (Å²) in [7, 11) is 0. The van der Waals surface area contributed by atoms with Crippen molar-refractivity contribution in [3.63, 3.8) is 0 Å². The van der Waals surface area contributed by atoms with E-state index in [0.717, 1.165) is 18.8 Å². The number of rotatable bonds is 1. The maximum Gasteiger partial charge on any atom is 0.131 e. The standard InChI is InChI=1S/C13H18ClN3/c1-8-4-11(5-12(14)16-8)17-6-9-2-3-10(7-17)13(9)15/h4-5,9-10,13H,2-3,6-7,15H2,1H3/t9-,10+,13-. The van der Waals surface area contributed by atoms with E-state index in [1.54, 1.807) is 0 Å². The van der Waals surface area contributed by atoms with Gasteiger partial charge in [0.2, 0.25) is 0 Å². The van der Waals surface area contributed by atoms with E-state index in [2.05, 4.69) is 16.0 Å². The van der Waals surface area contributed by atoms with E-state index in [-0.39, 0.29) is 0 Å². The molecule has 0 amide bonds. The Kier molecular flexibility index (Phi) is 2.75. The molecule has 17 heavy (non-hydrogen) atoms. The molecule has 0 spiro atoms. The highest BCUT2D eigenvalue weighted by Crippen LogP contribution is 2.37. The molecule has 2 bridgehead atoms. The first kappa shape index (κ1) is 11.3. The summed E-state index contributed by atoms with van der Waals surface area (Å²) in [4.78, 5) is 6.63. The second-order valence-electron chi connectivity index (χ2n) is 5.37. The highest BCUT2D eigenvalue weighted by atomic mass is 35.5. The summed E-state index contributed by atoms with van der Waals surface area (Å²) in [5.41, 5.74) is 8.40. The summed E-state index contributed by atoms with van der Waals surface area (Å²) in [5.74, 6) is 1.31. The number of aromatic nitrogens is 1. The predicted octanol–water partition coefficient (Wildman–Crippen LogP) is 2.22. The molecule has 2 aliphatic rings. The number of hydrogen-bond donors (Lipinski definition) is 1. The third-order valence-corrected chi connectivity index (χ3v) is 4.37. The Balaban J connectivity index is 1.86. The number of nitrogens with zero attached hydrogens (tertiary/aromatic N) is 2. The van der Waals surface area contributed by atoms with Gasteiger partial charge in [0, 0.05) is 30.5 Å². The van der Waals surface area contributed by atoms with Crippen molar-refractivity contribution in [2.45, 2.75) is 25.8 Å². The van der Waals surface area contributed by atoms with Gasteiger partial charge in [0.05, 0.1) is 0 Å². The van der Waals surface area contributed by atoms with Crippen LogP contribution in [0.5, 0.6) is 0 Å². The van der Waals surface area contributed by atoms with E-state index in [1.165, 1.54) is 18.5 Å². The van der Waals surface area contributed by atoms with Gasteiger partial charge in [-0.2, -0.15) is 0 Å². The molecule has 3 nitrogen and oxygen atoms in total. The molecule has 1 aromatic rings. The third-order valence-electron chi connectivity index (χ3n) is 4.18. The van der Waals surface area contributed by atoms with E-state index in [0.29, 0.717) is 23.0 Å². The quantitative estimate of drug-likeness (QED) is 0.779. The van der Waals surface area contributed by atoms with Crippen LogP contribution in [0.4, 0.5) is 5.69 Å². The fourth-order valence-electron chi connectivity index (χ4n) is 3.27. The number of pyridine rings is 1. The van der Waals surface area contributed by atoms with Crippen molar-refractivity contribution < 1.29 is 0 Å². The highest BCUT2D eigenvalue weighted by Gasteiger charge is 2.39. The molecule has 92 valence electrons. The van der Waals surface area contributed by atoms with Gasteiger partial charge >= 0.3 is 0 Å². The molecule has 2 N–H and O–H groups in total. The lowest BCUT2D eigenvalue weighted by molar-refractivity contribution is 0.356. The van der Waals surface area contributed by atoms with Gasteiger partial charge in [0.15, 0.2) is 0 Å². The number of piperidine rings is 1. The zero-order valence-corrected chi connectivity index (χ0v) is 10.8. The molecule has 1 saturated heterocycles. The first-order valence-corrected chi connectivity index (χ1v) is 6.66. The summed E-state index contributed by atoms with van der Waals surface area (Å²) in [5, 5.41) is 0.585. The van der Waals surface area contributed by atoms with Crippen molar-refractivity contribution in [1.82, 2.24) is 4.98 Å². The van der Waals surface area contributed by atoms with Gasteiger partial charge in [0.25, 0.3) is 0 Å². The first-order valence-electron chi connectivity index (χ1n) is 6.28. The summed E-state index contributed by atoms with van der Waals surface area (Å²) < 4.78 is 0. The maximum atomic E-state index is 6.22. The molecule has 2 fully saturated rings. The Morgan fingerprint density at radius 1 is 1.29 bits per heavy atom. The van der Waals surface area contributed by atoms with Gasteiger partial charge in [-0.05, 0) is 43.7 Å². The van der Waals surface area contributed by atoms with Crippen molar-refractivity contribution in [3.05, 3.63) is 23.0 Å². The molecule has 4 heteroatoms. The average molecular weight is 252 g/mol. The predicted molar refractivity (Wildman–Crippen MR) is 70.4 cm³/mol. The molecule has 3 atom stereocenters. The Hall–Kier alpha value is -0.800. The van der Waals surface area contributed by atoms with Crippen LogP contribution >= 0.6 is 11.6 Å². The van der Waals surface area contributed by atoms with E-state index in [4.69, 9.17) is 17.3 Å². The SMILES string of the molecule is Cc1cc(N2C[C@H]3CC[C@@H](C2)[C@@H]3N)cc(Cl)n1. The highest BCUT2D eigenvalue weighted by molar-refractivity contribution is 6.29. The second kappa shape index (κ2) is 4.14. The van der Waals surface area contributed by atoms with Crippen LogP contribution in [-0.4, -0.2) is 24.1 Å². The Bertz CT molecular complexity index is 400. The van der Waals surface area contributed by atoms with Gasteiger partial charge in [-0.15, -0.1) is 0 Å². The van der Waals surface area contributed by atoms with Gasteiger partial charge < -0.3 is 10.6 Å². The number of anilines is 1. The minimum atomic E-state index is 0.407. The fourth-order valence-corrected chi connectivity index (χ4v) is 3.51. The minimum Gasteiger partial charge on any atom is -0.371 e. The molecule has 1 aliphatic heterocycles. The van der Waals surface area contributed by atoms with Crippen LogP contribution < -0.4 is 10.6 Å². The summed E-state index contributed by atoms with van der Waals surface area (Å²) in [6.07, 6.45) is 2.56. The average Bonchev–Trinajstić information content (AvgIpc) is 2.51. The summed E-state index contributed by atoms with van der Waals surface area (Å²) in [6, 6.07) is 4.48. The Morgan fingerprint density at radius 3 is 2.53 bits per heavy atom. The molecule has 3 rings (SSSR count). The van der Waals surface area contributed by atoms with Gasteiger partial charge in [0.1, 0.15) is 5.15 Å². The lowest BCUT2D eigenvalue weighted by Crippen LogP contribution is -2.48. The van der Waals surface area contributed by atoms with Gasteiger partial charge in [-0.3, -0.25) is 0 Å². The molecule has 0 radical (unpaired) electrons. The number of halogens is 1. The van der Waals surface area contributed by atoms with E-state index in [1.807, 2.05) is 13.0 Å². The summed E-state index contributed by atoms with van der Waals surface area (Å²) in [6.45, 7) is 4.12. The molecular formula is C13H18ClN3. The van der Waals surface area contributed by atoms with E-state index < -0.39 is 0 Å². The fraction of sp³-hybridized carbons (Fsp3) is 0.615. The smallest absolute Gasteiger partial charge is 0.131 e. The monoisotopic (exact) mass is 251 g/mol. The van der Waals surface area contributed by atoms with Crippen LogP contribution in [0.2, 0.25) is 5.15 Å². The zero-order chi connectivity index (χ0) is 12.0. The van der Waals surface area contributed by atoms with E-state index in [9.17, 15) is 0 Å². The lowest BCUT2D eigenvalue weighted by atomic mass is 9.93. The molecule has 2 heterocycles. The lowest BCUT2D eigenvalue weighted by Gasteiger charge is -2.37. The molecule has 1 aliphatic carbocycles. The van der Waals surface area contributed by atoms with Crippen LogP contribution in [0.1, 0.15) is 18.5 Å². The van der Waals surface area contributed by atoms with Crippen molar-refractivity contribution in [2.24, 2.45) is 17.6 Å². The summed E-state index contributed by atoms with van der Waals surface area (Å²) >= 11 is 6.02. The largest absolute Gasteiger partial charge is 0.371 e. The zero-order valence-electron chi connectivity index (χ0n) is 10.1. The van der Waals surface area contributed by atoms with Crippen LogP contribution in [-0.2, 0) is 0 Å². The van der Waals surface area contributed by atoms with Crippen LogP contribution in [0.25, 0.3) is 0 Å². The van der Waals surface area contributed by atoms with Gasteiger partial charge in [-0.1, -0.05) is 11.6 Å². The van der Waals surface area contributed by atoms with Crippen LogP contribution in [0.3, 0.4) is 0 Å². The number of hydrogen-bond acceptors (Lipinski definition) is 3. The number of fused-ring (bicyclic) bond motifs is 2. The molecule has 0 aromatic carbocycles. The third kappa shape index (κ3) is 2.02. The Labute approximate surface area is 107 Å². The molecule has 1 aromatic heterocycles. The molecule has 1 saturated carbocycles. The van der Waals surface area contributed by atoms with Crippen LogP contribution in [0, 0.1) is 18.8 Å². The maximum absolute atomic E-state index is 6.22. The Morgan fingerprint density at radius 2 is 1.94 bits per heavy atom. The van der Waals surface area contributed by atoms with Crippen molar-refractivity contribution >= 4 is 17.3 Å². The van der Waals surface area contributed by atoms with E-state index >= 15 is 0 Å². The topological polar surface area (TPSA) is 42.1 Å². The normalized spacial score (nSPS) is 31.9. The van der Waals surface area contributed by atoms with Crippen molar-refractivity contribution in [1.29, 1.82) is 0 Å². The van der Waals surface area contributed by atoms with Gasteiger partial charge in [-0.25, -0.2) is 4.98 Å². The number of aryl methyl sites for hydroxylation is 1. The molecular weight excluding hydrogens is 234 g/mol. The van der Waals surface area contributed by atoms with Crippen LogP contribution in [0.15, 0.2) is 12.1 Å². The van der Waals surface area contributed by atoms with Crippen molar-refractivity contribution in [2.75, 3.05) is 18.0 Å². The second-order valence-corrected chi connectivity index (χ2v) is 5.76. The van der Waals surface area contributed by atoms with Crippen molar-refractivity contribution in [3.8, 4) is 0 Å². The first-order chi connectivity index (χ1) is 8.13. The minimum absolute atomic E-state index is 0.407.